The van der Waals surface area contributed by atoms with Crippen LogP contribution in [0.5, 0.6) is 0 Å². The molecule has 0 heterocycles. The van der Waals surface area contributed by atoms with Gasteiger partial charge in [0.15, 0.2) is 8.32 Å². The third-order valence-corrected chi connectivity index (χ3v) is 8.40. The molecule has 87 valence electrons. The predicted octanol–water partition coefficient (Wildman–Crippen LogP) is 4.18. The zero-order valence-corrected chi connectivity index (χ0v) is 11.9. The van der Waals surface area contributed by atoms with E-state index in [0.29, 0.717) is 11.0 Å². The maximum atomic E-state index is 6.21. The lowest BCUT2D eigenvalue weighted by molar-refractivity contribution is 0.246. The van der Waals surface area contributed by atoms with Crippen LogP contribution in [0, 0.1) is 12.8 Å². The first-order chi connectivity index (χ1) is 6.74. The van der Waals surface area contributed by atoms with Crippen molar-refractivity contribution >= 4 is 8.32 Å². The summed E-state index contributed by atoms with van der Waals surface area (Å²) in [6.07, 6.45) is 4.66. The Kier molecular flexibility index (Phi) is 3.83. The Hall–Kier alpha value is -0.0831. The largest absolute Gasteiger partial charge is 0.416 e. The Morgan fingerprint density at radius 1 is 1.47 bits per heavy atom. The average Bonchev–Trinajstić information content (AvgIpc) is 2.46. The summed E-state index contributed by atoms with van der Waals surface area (Å²) in [6, 6.07) is 0. The number of allylic oxidation sites excluding steroid dienone is 1. The first-order valence-electron chi connectivity index (χ1n) is 5.90. The molecule has 0 spiro atoms. The van der Waals surface area contributed by atoms with E-state index in [0.717, 1.165) is 6.61 Å². The highest BCUT2D eigenvalue weighted by atomic mass is 28.4. The first-order valence-corrected chi connectivity index (χ1v) is 8.81. The summed E-state index contributed by atoms with van der Waals surface area (Å²) < 4.78 is 6.21. The van der Waals surface area contributed by atoms with Crippen molar-refractivity contribution in [3.8, 4) is 0 Å². The minimum atomic E-state index is -1.56. The van der Waals surface area contributed by atoms with Crippen molar-refractivity contribution in [1.29, 1.82) is 0 Å². The fourth-order valence-electron chi connectivity index (χ4n) is 1.54. The predicted molar refractivity (Wildman–Crippen MR) is 69.3 cm³/mol. The van der Waals surface area contributed by atoms with Crippen LogP contribution in [0.15, 0.2) is 11.6 Å². The highest BCUT2D eigenvalue weighted by molar-refractivity contribution is 6.74. The van der Waals surface area contributed by atoms with Crippen LogP contribution in [-0.4, -0.2) is 14.9 Å². The molecule has 1 atom stereocenters. The van der Waals surface area contributed by atoms with Crippen LogP contribution in [-0.2, 0) is 4.43 Å². The standard InChI is InChI=1S/C13H25OSi/c1-11-8-7-9-12(11)10-14-15(5,6)13(2,3)4/h8,12H,1,7,9-10H2,2-6H3. The molecule has 1 aliphatic carbocycles. The molecule has 1 unspecified atom stereocenters. The van der Waals surface area contributed by atoms with Gasteiger partial charge in [0.1, 0.15) is 0 Å². The molecule has 0 bridgehead atoms. The third kappa shape index (κ3) is 3.18. The van der Waals surface area contributed by atoms with E-state index in [4.69, 9.17) is 4.43 Å². The van der Waals surface area contributed by atoms with Crippen molar-refractivity contribution in [3.63, 3.8) is 0 Å². The van der Waals surface area contributed by atoms with Crippen molar-refractivity contribution in [3.05, 3.63) is 18.6 Å². The maximum absolute atomic E-state index is 6.21. The lowest BCUT2D eigenvalue weighted by atomic mass is 10.1. The topological polar surface area (TPSA) is 9.23 Å². The SMILES string of the molecule is [CH2]C1=CCCC1CO[Si](C)(C)C(C)(C)C. The smallest absolute Gasteiger partial charge is 0.192 e. The minimum Gasteiger partial charge on any atom is -0.416 e. The van der Waals surface area contributed by atoms with Crippen molar-refractivity contribution in [2.45, 2.75) is 51.7 Å². The lowest BCUT2D eigenvalue weighted by Gasteiger charge is -2.37. The Morgan fingerprint density at radius 3 is 2.47 bits per heavy atom. The first kappa shape index (κ1) is 13.0. The van der Waals surface area contributed by atoms with Crippen molar-refractivity contribution in [2.75, 3.05) is 6.61 Å². The molecule has 0 aromatic heterocycles. The number of rotatable bonds is 3. The molecule has 1 rings (SSSR count). The van der Waals surface area contributed by atoms with Gasteiger partial charge in [-0.15, -0.1) is 0 Å². The minimum absolute atomic E-state index is 0.316. The normalized spacial score (nSPS) is 23.1. The van der Waals surface area contributed by atoms with Gasteiger partial charge in [0, 0.05) is 12.5 Å². The van der Waals surface area contributed by atoms with Crippen molar-refractivity contribution in [1.82, 2.24) is 0 Å². The van der Waals surface area contributed by atoms with Gasteiger partial charge < -0.3 is 4.43 Å². The molecule has 1 nitrogen and oxygen atoms in total. The summed E-state index contributed by atoms with van der Waals surface area (Å²) in [5.41, 5.74) is 1.29. The van der Waals surface area contributed by atoms with Crippen LogP contribution in [0.25, 0.3) is 0 Å². The zero-order chi connectivity index (χ0) is 11.7. The maximum Gasteiger partial charge on any atom is 0.192 e. The molecule has 0 aromatic carbocycles. The molecule has 2 heteroatoms. The number of hydrogen-bond donors (Lipinski definition) is 0. The van der Waals surface area contributed by atoms with E-state index in [2.05, 4.69) is 46.9 Å². The van der Waals surface area contributed by atoms with Gasteiger partial charge in [-0.3, -0.25) is 0 Å². The summed E-state index contributed by atoms with van der Waals surface area (Å²) in [5.74, 6) is 0.583. The molecule has 1 aliphatic rings. The molecule has 0 N–H and O–H groups in total. The van der Waals surface area contributed by atoms with E-state index in [1.54, 1.807) is 0 Å². The molecule has 15 heavy (non-hydrogen) atoms. The van der Waals surface area contributed by atoms with Gasteiger partial charge >= 0.3 is 0 Å². The molecule has 0 aromatic rings. The molecule has 0 saturated carbocycles. The quantitative estimate of drug-likeness (QED) is 0.655. The fourth-order valence-corrected chi connectivity index (χ4v) is 2.59. The Bertz CT molecular complexity index is 248. The van der Waals surface area contributed by atoms with Gasteiger partial charge in [0.2, 0.25) is 0 Å². The third-order valence-electron chi connectivity index (χ3n) is 3.90. The Balaban J connectivity index is 2.46. The highest BCUT2D eigenvalue weighted by Crippen LogP contribution is 2.37. The van der Waals surface area contributed by atoms with Gasteiger partial charge in [0.25, 0.3) is 0 Å². The highest BCUT2D eigenvalue weighted by Gasteiger charge is 2.37. The van der Waals surface area contributed by atoms with Gasteiger partial charge in [-0.2, -0.15) is 0 Å². The molecular weight excluding hydrogens is 200 g/mol. The Morgan fingerprint density at radius 2 is 2.07 bits per heavy atom. The van der Waals surface area contributed by atoms with E-state index in [1.165, 1.54) is 18.4 Å². The monoisotopic (exact) mass is 225 g/mol. The van der Waals surface area contributed by atoms with Crippen LogP contribution in [0.4, 0.5) is 0 Å². The van der Waals surface area contributed by atoms with Gasteiger partial charge in [-0.1, -0.05) is 32.4 Å². The number of hydrogen-bond acceptors (Lipinski definition) is 1. The summed E-state index contributed by atoms with van der Waals surface area (Å²) >= 11 is 0. The van der Waals surface area contributed by atoms with E-state index in [-0.39, 0.29) is 0 Å². The van der Waals surface area contributed by atoms with Gasteiger partial charge in [0.05, 0.1) is 0 Å². The van der Waals surface area contributed by atoms with Crippen molar-refractivity contribution < 1.29 is 4.43 Å². The molecular formula is C13H25OSi. The lowest BCUT2D eigenvalue weighted by Crippen LogP contribution is -2.41. The van der Waals surface area contributed by atoms with E-state index in [9.17, 15) is 0 Å². The molecule has 0 amide bonds. The van der Waals surface area contributed by atoms with Crippen LogP contribution >= 0.6 is 0 Å². The summed E-state index contributed by atoms with van der Waals surface area (Å²) in [5, 5.41) is 0.316. The molecule has 0 fully saturated rings. The van der Waals surface area contributed by atoms with Crippen LogP contribution in [0.3, 0.4) is 0 Å². The van der Waals surface area contributed by atoms with Crippen molar-refractivity contribution in [2.24, 2.45) is 5.92 Å². The van der Waals surface area contributed by atoms with Crippen LogP contribution in [0.1, 0.15) is 33.6 Å². The van der Waals surface area contributed by atoms with E-state index in [1.807, 2.05) is 0 Å². The van der Waals surface area contributed by atoms with E-state index < -0.39 is 8.32 Å². The molecule has 0 aliphatic heterocycles. The van der Waals surface area contributed by atoms with Gasteiger partial charge in [-0.05, 0) is 37.9 Å². The Labute approximate surface area is 96.0 Å². The van der Waals surface area contributed by atoms with E-state index >= 15 is 0 Å². The summed E-state index contributed by atoms with van der Waals surface area (Å²) in [4.78, 5) is 0. The second-order valence-electron chi connectivity index (χ2n) is 6.12. The summed E-state index contributed by atoms with van der Waals surface area (Å²) in [6.45, 7) is 16.4. The second kappa shape index (κ2) is 4.42. The fraction of sp³-hybridized carbons (Fsp3) is 0.769. The molecule has 0 saturated heterocycles. The molecule has 1 radical (unpaired) electrons. The second-order valence-corrected chi connectivity index (χ2v) is 10.9. The zero-order valence-electron chi connectivity index (χ0n) is 10.9. The van der Waals surface area contributed by atoms with Gasteiger partial charge in [-0.25, -0.2) is 0 Å². The van der Waals surface area contributed by atoms with Crippen LogP contribution < -0.4 is 0 Å². The van der Waals surface area contributed by atoms with Crippen LogP contribution in [0.2, 0.25) is 18.1 Å². The average molecular weight is 225 g/mol. The summed E-state index contributed by atoms with van der Waals surface area (Å²) in [7, 11) is -1.56.